The van der Waals surface area contributed by atoms with Gasteiger partial charge in [-0.2, -0.15) is 0 Å². The summed E-state index contributed by atoms with van der Waals surface area (Å²) in [6.45, 7) is 16.1. The molecule has 0 aromatic heterocycles. The fourth-order valence-electron chi connectivity index (χ4n) is 3.53. The molecule has 1 atom stereocenters. The predicted octanol–water partition coefficient (Wildman–Crippen LogP) is 6.90. The zero-order chi connectivity index (χ0) is 21.2. The molecule has 0 amide bonds. The van der Waals surface area contributed by atoms with Gasteiger partial charge in [0, 0.05) is 5.56 Å². The first-order valence-corrected chi connectivity index (χ1v) is 10.7. The van der Waals surface area contributed by atoms with Crippen molar-refractivity contribution in [2.45, 2.75) is 66.3 Å². The van der Waals surface area contributed by atoms with Crippen LogP contribution in [-0.4, -0.2) is 24.3 Å². The fourth-order valence-corrected chi connectivity index (χ4v) is 3.53. The second-order valence-electron chi connectivity index (χ2n) is 9.55. The molecule has 154 valence electrons. The van der Waals surface area contributed by atoms with Crippen LogP contribution < -0.4 is 0 Å². The Hall–Kier alpha value is -2.42. The number of para-hydroxylation sites is 1. The van der Waals surface area contributed by atoms with Gasteiger partial charge in [-0.25, -0.2) is 9.98 Å². The maximum Gasteiger partial charge on any atom is 0.236 e. The van der Waals surface area contributed by atoms with E-state index in [0.717, 1.165) is 17.0 Å². The molecule has 0 unspecified atom stereocenters. The van der Waals surface area contributed by atoms with Crippen LogP contribution in [0.25, 0.3) is 0 Å². The van der Waals surface area contributed by atoms with Gasteiger partial charge in [-0.3, -0.25) is 0 Å². The first kappa shape index (κ1) is 21.3. The molecule has 0 bridgehead atoms. The minimum absolute atomic E-state index is 0.0580. The van der Waals surface area contributed by atoms with Crippen LogP contribution >= 0.6 is 0 Å². The van der Waals surface area contributed by atoms with E-state index in [1.165, 1.54) is 11.1 Å². The largest absolute Gasteiger partial charge is 0.474 e. The van der Waals surface area contributed by atoms with Crippen molar-refractivity contribution >= 4 is 17.3 Å². The molecule has 1 aliphatic rings. The van der Waals surface area contributed by atoms with Gasteiger partial charge in [0.25, 0.3) is 0 Å². The Morgan fingerprint density at radius 1 is 0.931 bits per heavy atom. The molecular weight excluding hydrogens is 356 g/mol. The van der Waals surface area contributed by atoms with E-state index in [4.69, 9.17) is 14.7 Å². The molecule has 2 aromatic rings. The molecule has 0 fully saturated rings. The quantitative estimate of drug-likeness (QED) is 0.511. The molecule has 0 saturated carbocycles. The Balaban J connectivity index is 2.21. The van der Waals surface area contributed by atoms with Crippen LogP contribution in [0.4, 0.5) is 5.69 Å². The average molecular weight is 391 g/mol. The summed E-state index contributed by atoms with van der Waals surface area (Å²) in [4.78, 5) is 10.2. The van der Waals surface area contributed by atoms with E-state index < -0.39 is 0 Å². The van der Waals surface area contributed by atoms with E-state index >= 15 is 0 Å². The number of rotatable bonds is 5. The van der Waals surface area contributed by atoms with Crippen molar-refractivity contribution in [1.82, 2.24) is 0 Å². The van der Waals surface area contributed by atoms with Gasteiger partial charge in [-0.1, -0.05) is 97.0 Å². The summed E-state index contributed by atoms with van der Waals surface area (Å²) in [5.74, 6) is 1.43. The minimum atomic E-state index is 0.0580. The van der Waals surface area contributed by atoms with Gasteiger partial charge in [-0.05, 0) is 28.4 Å². The minimum Gasteiger partial charge on any atom is -0.474 e. The van der Waals surface area contributed by atoms with E-state index in [0.29, 0.717) is 24.3 Å². The highest BCUT2D eigenvalue weighted by Crippen LogP contribution is 2.36. The lowest BCUT2D eigenvalue weighted by Gasteiger charge is -2.21. The summed E-state index contributed by atoms with van der Waals surface area (Å²) in [6, 6.07) is 16.9. The molecule has 3 nitrogen and oxygen atoms in total. The van der Waals surface area contributed by atoms with Crippen molar-refractivity contribution in [2.24, 2.45) is 15.4 Å². The molecule has 1 aliphatic heterocycles. The fraction of sp³-hybridized carbons (Fsp3) is 0.462. The molecule has 0 saturated heterocycles. The number of aliphatic imine (C=N–C) groups is 2. The molecule has 3 rings (SSSR count). The Morgan fingerprint density at radius 2 is 1.52 bits per heavy atom. The highest BCUT2D eigenvalue weighted by molar-refractivity contribution is 6.46. The van der Waals surface area contributed by atoms with Gasteiger partial charge < -0.3 is 4.74 Å². The van der Waals surface area contributed by atoms with Gasteiger partial charge in [0.1, 0.15) is 12.3 Å². The SMILES string of the molecule is CC(C)c1cccc(C(C)C)c1/N=C(/C1=N[C@@H](C(C)(C)C)CO1)c1ccccc1. The summed E-state index contributed by atoms with van der Waals surface area (Å²) >= 11 is 0. The van der Waals surface area contributed by atoms with Gasteiger partial charge in [0.15, 0.2) is 0 Å². The Kier molecular flexibility index (Phi) is 6.26. The Labute approximate surface area is 175 Å². The standard InChI is InChI=1S/C26H34N2O/c1-17(2)20-14-11-15-21(18(3)4)24(20)28-23(19-12-9-8-10-13-19)25-27-22(16-29-25)26(5,6)7/h8-15,17-18,22H,16H2,1-7H3/b28-23+/t22-/m1/s1. The summed E-state index contributed by atoms with van der Waals surface area (Å²) < 4.78 is 6.10. The van der Waals surface area contributed by atoms with Gasteiger partial charge in [0.2, 0.25) is 5.90 Å². The molecule has 29 heavy (non-hydrogen) atoms. The number of benzene rings is 2. The monoisotopic (exact) mass is 390 g/mol. The Morgan fingerprint density at radius 3 is 2.00 bits per heavy atom. The van der Waals surface area contributed by atoms with Crippen molar-refractivity contribution in [3.05, 3.63) is 65.2 Å². The summed E-state index contributed by atoms with van der Waals surface area (Å²) in [5.41, 5.74) is 5.50. The molecule has 2 aromatic carbocycles. The average Bonchev–Trinajstić information content (AvgIpc) is 3.16. The van der Waals surface area contributed by atoms with Crippen LogP contribution in [-0.2, 0) is 4.74 Å². The molecule has 0 spiro atoms. The van der Waals surface area contributed by atoms with Crippen LogP contribution in [0.5, 0.6) is 0 Å². The van der Waals surface area contributed by atoms with Crippen LogP contribution in [0, 0.1) is 5.41 Å². The van der Waals surface area contributed by atoms with Crippen LogP contribution in [0.2, 0.25) is 0 Å². The molecule has 0 N–H and O–H groups in total. The molecular formula is C26H34N2O. The zero-order valence-corrected chi connectivity index (χ0v) is 18.9. The lowest BCUT2D eigenvalue weighted by atomic mass is 9.88. The number of hydrogen-bond donors (Lipinski definition) is 0. The zero-order valence-electron chi connectivity index (χ0n) is 18.9. The van der Waals surface area contributed by atoms with Gasteiger partial charge in [0.05, 0.1) is 11.7 Å². The third-order valence-corrected chi connectivity index (χ3v) is 5.47. The van der Waals surface area contributed by atoms with Gasteiger partial charge in [-0.15, -0.1) is 0 Å². The third-order valence-electron chi connectivity index (χ3n) is 5.47. The van der Waals surface area contributed by atoms with Crippen LogP contribution in [0.15, 0.2) is 58.5 Å². The molecule has 1 heterocycles. The van der Waals surface area contributed by atoms with Crippen LogP contribution in [0.3, 0.4) is 0 Å². The normalized spacial score (nSPS) is 17.6. The lowest BCUT2D eigenvalue weighted by molar-refractivity contribution is 0.237. The number of nitrogens with zero attached hydrogens (tertiary/aromatic N) is 2. The molecule has 0 radical (unpaired) electrons. The van der Waals surface area contributed by atoms with E-state index in [2.05, 4.69) is 78.8 Å². The van der Waals surface area contributed by atoms with E-state index in [1.54, 1.807) is 0 Å². The molecule has 0 aliphatic carbocycles. The highest BCUT2D eigenvalue weighted by Gasteiger charge is 2.32. The van der Waals surface area contributed by atoms with Crippen molar-refractivity contribution in [2.75, 3.05) is 6.61 Å². The maximum absolute atomic E-state index is 6.10. The van der Waals surface area contributed by atoms with Crippen molar-refractivity contribution < 1.29 is 4.74 Å². The first-order chi connectivity index (χ1) is 13.7. The predicted molar refractivity (Wildman–Crippen MR) is 124 cm³/mol. The van der Waals surface area contributed by atoms with E-state index in [-0.39, 0.29) is 11.5 Å². The lowest BCUT2D eigenvalue weighted by Crippen LogP contribution is -2.25. The summed E-state index contributed by atoms with van der Waals surface area (Å²) in [6.07, 6.45) is 0. The Bertz CT molecular complexity index is 876. The van der Waals surface area contributed by atoms with Crippen LogP contribution in [0.1, 0.15) is 77.0 Å². The van der Waals surface area contributed by atoms with Crippen molar-refractivity contribution in [3.8, 4) is 0 Å². The number of ether oxygens (including phenoxy) is 1. The van der Waals surface area contributed by atoms with Gasteiger partial charge >= 0.3 is 0 Å². The van der Waals surface area contributed by atoms with E-state index in [1.807, 2.05) is 18.2 Å². The molecule has 3 heteroatoms. The summed E-state index contributed by atoms with van der Waals surface area (Å²) in [7, 11) is 0. The topological polar surface area (TPSA) is 34.0 Å². The van der Waals surface area contributed by atoms with E-state index in [9.17, 15) is 0 Å². The second kappa shape index (κ2) is 8.52. The third kappa shape index (κ3) is 4.77. The first-order valence-electron chi connectivity index (χ1n) is 10.7. The smallest absolute Gasteiger partial charge is 0.236 e. The second-order valence-corrected chi connectivity index (χ2v) is 9.55. The highest BCUT2D eigenvalue weighted by atomic mass is 16.5. The van der Waals surface area contributed by atoms with Crippen molar-refractivity contribution in [1.29, 1.82) is 0 Å². The summed E-state index contributed by atoms with van der Waals surface area (Å²) in [5, 5.41) is 0. The van der Waals surface area contributed by atoms with Crippen molar-refractivity contribution in [3.63, 3.8) is 0 Å². The maximum atomic E-state index is 6.10. The number of hydrogen-bond acceptors (Lipinski definition) is 3.